The molecular formula is C14H17NO5. The molecule has 0 bridgehead atoms. The summed E-state index contributed by atoms with van der Waals surface area (Å²) in [6.07, 6.45) is 0. The van der Waals surface area contributed by atoms with Gasteiger partial charge in [-0.25, -0.2) is 0 Å². The van der Waals surface area contributed by atoms with E-state index < -0.39 is 30.3 Å². The molecule has 1 rings (SSSR count). The number of nitrogens with zero attached hydrogens (tertiary/aromatic N) is 1. The molecule has 0 aromatic heterocycles. The molecule has 0 aliphatic rings. The predicted molar refractivity (Wildman–Crippen MR) is 71.5 cm³/mol. The van der Waals surface area contributed by atoms with Gasteiger partial charge >= 0.3 is 11.9 Å². The van der Waals surface area contributed by atoms with Crippen LogP contribution in [0.25, 0.3) is 0 Å². The van der Waals surface area contributed by atoms with E-state index in [0.717, 1.165) is 10.5 Å². The molecule has 0 spiro atoms. The van der Waals surface area contributed by atoms with Crippen molar-refractivity contribution in [1.29, 1.82) is 0 Å². The monoisotopic (exact) mass is 279 g/mol. The molecule has 1 amide bonds. The third kappa shape index (κ3) is 4.38. The summed E-state index contributed by atoms with van der Waals surface area (Å²) in [5, 5.41) is 17.7. The first kappa shape index (κ1) is 15.7. The van der Waals surface area contributed by atoms with Crippen molar-refractivity contribution in [3.63, 3.8) is 0 Å². The molecule has 0 aliphatic carbocycles. The standard InChI is InChI=1S/C14H17NO5/c1-9-3-5-11(6-4-9)13(18)15(8-12(16)17)7-10(2)14(19)20/h3-6,10H,7-8H2,1-2H3,(H,16,17)(H,19,20). The van der Waals surface area contributed by atoms with Gasteiger partial charge in [-0.1, -0.05) is 24.6 Å². The molecule has 6 nitrogen and oxygen atoms in total. The van der Waals surface area contributed by atoms with Crippen molar-refractivity contribution in [3.8, 4) is 0 Å². The lowest BCUT2D eigenvalue weighted by Crippen LogP contribution is -2.40. The number of carboxylic acid groups (broad SMARTS) is 2. The number of carbonyl (C=O) groups is 3. The number of hydrogen-bond acceptors (Lipinski definition) is 3. The quantitative estimate of drug-likeness (QED) is 0.817. The van der Waals surface area contributed by atoms with Crippen LogP contribution in [0.5, 0.6) is 0 Å². The normalized spacial score (nSPS) is 11.7. The van der Waals surface area contributed by atoms with E-state index in [0.29, 0.717) is 5.56 Å². The molecule has 0 saturated carbocycles. The van der Waals surface area contributed by atoms with Crippen molar-refractivity contribution in [3.05, 3.63) is 35.4 Å². The smallest absolute Gasteiger partial charge is 0.323 e. The van der Waals surface area contributed by atoms with Crippen molar-refractivity contribution in [2.24, 2.45) is 5.92 Å². The zero-order valence-electron chi connectivity index (χ0n) is 11.4. The van der Waals surface area contributed by atoms with Crippen LogP contribution in [-0.4, -0.2) is 46.0 Å². The zero-order valence-corrected chi connectivity index (χ0v) is 11.4. The average molecular weight is 279 g/mol. The van der Waals surface area contributed by atoms with Crippen molar-refractivity contribution in [2.45, 2.75) is 13.8 Å². The van der Waals surface area contributed by atoms with Crippen LogP contribution in [0.1, 0.15) is 22.8 Å². The Labute approximate surface area is 116 Å². The summed E-state index contributed by atoms with van der Waals surface area (Å²) >= 11 is 0. The highest BCUT2D eigenvalue weighted by Gasteiger charge is 2.23. The molecule has 1 aromatic rings. The minimum absolute atomic E-state index is 0.145. The van der Waals surface area contributed by atoms with Gasteiger partial charge in [0.2, 0.25) is 0 Å². The number of aliphatic carboxylic acids is 2. The van der Waals surface area contributed by atoms with Crippen LogP contribution in [0, 0.1) is 12.8 Å². The number of rotatable bonds is 6. The largest absolute Gasteiger partial charge is 0.481 e. The van der Waals surface area contributed by atoms with E-state index >= 15 is 0 Å². The fraction of sp³-hybridized carbons (Fsp3) is 0.357. The number of carbonyl (C=O) groups excluding carboxylic acids is 1. The number of aryl methyl sites for hydroxylation is 1. The van der Waals surface area contributed by atoms with E-state index in [1.54, 1.807) is 24.3 Å². The van der Waals surface area contributed by atoms with Crippen molar-refractivity contribution < 1.29 is 24.6 Å². The molecule has 1 atom stereocenters. The van der Waals surface area contributed by atoms with Crippen LogP contribution in [0.2, 0.25) is 0 Å². The highest BCUT2D eigenvalue weighted by molar-refractivity contribution is 5.96. The molecular weight excluding hydrogens is 262 g/mol. The van der Waals surface area contributed by atoms with Gasteiger partial charge in [-0.2, -0.15) is 0 Å². The lowest BCUT2D eigenvalue weighted by atomic mass is 10.1. The molecule has 108 valence electrons. The first-order valence-electron chi connectivity index (χ1n) is 6.11. The predicted octanol–water partition coefficient (Wildman–Crippen LogP) is 1.24. The van der Waals surface area contributed by atoms with Crippen LogP contribution in [0.4, 0.5) is 0 Å². The van der Waals surface area contributed by atoms with E-state index in [1.165, 1.54) is 6.92 Å². The van der Waals surface area contributed by atoms with Crippen LogP contribution in [0.3, 0.4) is 0 Å². The first-order valence-corrected chi connectivity index (χ1v) is 6.11. The minimum Gasteiger partial charge on any atom is -0.481 e. The Bertz CT molecular complexity index is 509. The molecule has 20 heavy (non-hydrogen) atoms. The molecule has 0 heterocycles. The third-order valence-corrected chi connectivity index (χ3v) is 2.83. The Hall–Kier alpha value is -2.37. The van der Waals surface area contributed by atoms with Crippen LogP contribution in [0.15, 0.2) is 24.3 Å². The number of amides is 1. The molecule has 1 unspecified atom stereocenters. The lowest BCUT2D eigenvalue weighted by molar-refractivity contribution is -0.143. The average Bonchev–Trinajstić information content (AvgIpc) is 2.37. The Morgan fingerprint density at radius 1 is 1.15 bits per heavy atom. The third-order valence-electron chi connectivity index (χ3n) is 2.83. The Morgan fingerprint density at radius 2 is 1.70 bits per heavy atom. The number of carboxylic acids is 2. The fourth-order valence-corrected chi connectivity index (χ4v) is 1.67. The van der Waals surface area contributed by atoms with Crippen molar-refractivity contribution in [2.75, 3.05) is 13.1 Å². The highest BCUT2D eigenvalue weighted by atomic mass is 16.4. The molecule has 0 radical (unpaired) electrons. The van der Waals surface area contributed by atoms with Gasteiger partial charge in [-0.15, -0.1) is 0 Å². The summed E-state index contributed by atoms with van der Waals surface area (Å²) in [5.41, 5.74) is 1.32. The molecule has 0 saturated heterocycles. The maximum atomic E-state index is 12.2. The van der Waals surface area contributed by atoms with Gasteiger partial charge in [-0.05, 0) is 19.1 Å². The molecule has 6 heteroatoms. The second-order valence-electron chi connectivity index (χ2n) is 4.68. The van der Waals surface area contributed by atoms with E-state index in [-0.39, 0.29) is 6.54 Å². The SMILES string of the molecule is Cc1ccc(C(=O)N(CC(=O)O)CC(C)C(=O)O)cc1. The summed E-state index contributed by atoms with van der Waals surface area (Å²) < 4.78 is 0. The van der Waals surface area contributed by atoms with Gasteiger partial charge in [0.05, 0.1) is 5.92 Å². The summed E-state index contributed by atoms with van der Waals surface area (Å²) in [5.74, 6) is -3.57. The summed E-state index contributed by atoms with van der Waals surface area (Å²) in [6, 6.07) is 6.68. The second-order valence-corrected chi connectivity index (χ2v) is 4.68. The summed E-state index contributed by atoms with van der Waals surface area (Å²) in [7, 11) is 0. The number of benzene rings is 1. The lowest BCUT2D eigenvalue weighted by Gasteiger charge is -2.22. The minimum atomic E-state index is -1.18. The Balaban J connectivity index is 2.91. The van der Waals surface area contributed by atoms with Crippen molar-refractivity contribution in [1.82, 2.24) is 4.90 Å². The van der Waals surface area contributed by atoms with Crippen LogP contribution < -0.4 is 0 Å². The highest BCUT2D eigenvalue weighted by Crippen LogP contribution is 2.09. The summed E-state index contributed by atoms with van der Waals surface area (Å²) in [6.45, 7) is 2.63. The zero-order chi connectivity index (χ0) is 15.3. The maximum Gasteiger partial charge on any atom is 0.323 e. The molecule has 0 fully saturated rings. The van der Waals surface area contributed by atoms with E-state index in [4.69, 9.17) is 10.2 Å². The maximum absolute atomic E-state index is 12.2. The summed E-state index contributed by atoms with van der Waals surface area (Å²) in [4.78, 5) is 34.9. The van der Waals surface area contributed by atoms with Gasteiger partial charge in [0, 0.05) is 12.1 Å². The van der Waals surface area contributed by atoms with Crippen molar-refractivity contribution >= 4 is 17.8 Å². The van der Waals surface area contributed by atoms with E-state index in [9.17, 15) is 14.4 Å². The molecule has 0 aliphatic heterocycles. The van der Waals surface area contributed by atoms with Gasteiger partial charge in [0.15, 0.2) is 0 Å². The Kier molecular flexibility index (Phi) is 5.25. The van der Waals surface area contributed by atoms with Gasteiger partial charge in [0.25, 0.3) is 5.91 Å². The Morgan fingerprint density at radius 3 is 2.15 bits per heavy atom. The van der Waals surface area contributed by atoms with Crippen LogP contribution in [-0.2, 0) is 9.59 Å². The van der Waals surface area contributed by atoms with Gasteiger partial charge in [0.1, 0.15) is 6.54 Å². The van der Waals surface area contributed by atoms with E-state index in [2.05, 4.69) is 0 Å². The number of hydrogen-bond donors (Lipinski definition) is 2. The first-order chi connectivity index (χ1) is 9.31. The van der Waals surface area contributed by atoms with Crippen LogP contribution >= 0.6 is 0 Å². The molecule has 2 N–H and O–H groups in total. The fourth-order valence-electron chi connectivity index (χ4n) is 1.67. The van der Waals surface area contributed by atoms with Gasteiger partial charge < -0.3 is 15.1 Å². The van der Waals surface area contributed by atoms with Gasteiger partial charge in [-0.3, -0.25) is 14.4 Å². The topological polar surface area (TPSA) is 94.9 Å². The second kappa shape index (κ2) is 6.70. The molecule has 1 aromatic carbocycles. The van der Waals surface area contributed by atoms with E-state index in [1.807, 2.05) is 6.92 Å².